The predicted molar refractivity (Wildman–Crippen MR) is 143 cm³/mol. The first-order valence-corrected chi connectivity index (χ1v) is 13.8. The Balaban J connectivity index is 1.75. The standard InChI is InChI=1S/C27H38N4O5S/c1-17(2)15-30(25(33)23-28-19-8-6-7-9-21(19)37-23)20-14-18(24(32)29-10-12-36-13-11-29)16-31(26(34)35)22(20)27(3,4)5/h6-9,17-18,20,22H,10-16H2,1-5H3,(H,34,35)/t18-,20+,22?/m1/s1. The predicted octanol–water partition coefficient (Wildman–Crippen LogP) is 4.04. The molecule has 202 valence electrons. The number of rotatable bonds is 5. The smallest absolute Gasteiger partial charge is 0.407 e. The molecule has 0 radical (unpaired) electrons. The molecule has 1 N–H and O–H groups in total. The summed E-state index contributed by atoms with van der Waals surface area (Å²) in [7, 11) is 0. The highest BCUT2D eigenvalue weighted by Gasteiger charge is 2.50. The van der Waals surface area contributed by atoms with Gasteiger partial charge in [-0.3, -0.25) is 9.59 Å². The van der Waals surface area contributed by atoms with Crippen LogP contribution in [0.3, 0.4) is 0 Å². The van der Waals surface area contributed by atoms with Gasteiger partial charge in [-0.15, -0.1) is 11.3 Å². The zero-order chi connectivity index (χ0) is 26.9. The molecule has 37 heavy (non-hydrogen) atoms. The number of carboxylic acid groups (broad SMARTS) is 1. The summed E-state index contributed by atoms with van der Waals surface area (Å²) >= 11 is 1.35. The number of likely N-dealkylation sites (tertiary alicyclic amines) is 1. The Labute approximate surface area is 222 Å². The van der Waals surface area contributed by atoms with Crippen molar-refractivity contribution in [2.24, 2.45) is 17.3 Å². The molecule has 2 aromatic rings. The van der Waals surface area contributed by atoms with E-state index in [9.17, 15) is 19.5 Å². The van der Waals surface area contributed by atoms with Gasteiger partial charge in [-0.1, -0.05) is 46.8 Å². The summed E-state index contributed by atoms with van der Waals surface area (Å²) in [5.41, 5.74) is 0.308. The van der Waals surface area contributed by atoms with E-state index in [1.807, 2.05) is 58.9 Å². The molecule has 1 unspecified atom stereocenters. The maximum atomic E-state index is 14.1. The van der Waals surface area contributed by atoms with Gasteiger partial charge in [0.2, 0.25) is 5.91 Å². The zero-order valence-corrected chi connectivity index (χ0v) is 23.2. The fourth-order valence-electron chi connectivity index (χ4n) is 5.66. The fourth-order valence-corrected chi connectivity index (χ4v) is 6.58. The van der Waals surface area contributed by atoms with Gasteiger partial charge in [0.15, 0.2) is 5.01 Å². The van der Waals surface area contributed by atoms with Crippen molar-refractivity contribution >= 4 is 39.5 Å². The number of hydrogen-bond donors (Lipinski definition) is 1. The first kappa shape index (κ1) is 27.3. The van der Waals surface area contributed by atoms with Crippen LogP contribution in [-0.4, -0.2) is 94.2 Å². The van der Waals surface area contributed by atoms with E-state index >= 15 is 0 Å². The minimum absolute atomic E-state index is 0.0659. The van der Waals surface area contributed by atoms with Crippen molar-refractivity contribution in [1.82, 2.24) is 19.7 Å². The first-order chi connectivity index (χ1) is 17.5. The number of amides is 3. The fraction of sp³-hybridized carbons (Fsp3) is 0.630. The Morgan fingerprint density at radius 2 is 1.86 bits per heavy atom. The van der Waals surface area contributed by atoms with Crippen LogP contribution in [-0.2, 0) is 9.53 Å². The van der Waals surface area contributed by atoms with E-state index in [-0.39, 0.29) is 24.3 Å². The molecule has 4 rings (SSSR count). The number of fused-ring (bicyclic) bond motifs is 1. The lowest BCUT2D eigenvalue weighted by atomic mass is 9.74. The van der Waals surface area contributed by atoms with Crippen LogP contribution in [0.1, 0.15) is 50.8 Å². The number of nitrogens with zero attached hydrogens (tertiary/aromatic N) is 4. The second-order valence-electron chi connectivity index (χ2n) is 11.5. The summed E-state index contributed by atoms with van der Waals surface area (Å²) < 4.78 is 6.34. The van der Waals surface area contributed by atoms with Crippen molar-refractivity contribution in [1.29, 1.82) is 0 Å². The number of carbonyl (C=O) groups is 3. The Bertz CT molecular complexity index is 1100. The number of piperidine rings is 1. The van der Waals surface area contributed by atoms with Gasteiger partial charge in [0.25, 0.3) is 5.91 Å². The molecule has 2 aliphatic heterocycles. The molecule has 0 spiro atoms. The number of hydrogen-bond acceptors (Lipinski definition) is 6. The highest BCUT2D eigenvalue weighted by atomic mass is 32.1. The van der Waals surface area contributed by atoms with Crippen LogP contribution in [0.4, 0.5) is 4.79 Å². The van der Waals surface area contributed by atoms with Crippen LogP contribution in [0.15, 0.2) is 24.3 Å². The van der Waals surface area contributed by atoms with Crippen molar-refractivity contribution in [3.63, 3.8) is 0 Å². The Kier molecular flexibility index (Phi) is 8.08. The maximum absolute atomic E-state index is 14.1. The first-order valence-electron chi connectivity index (χ1n) is 13.0. The summed E-state index contributed by atoms with van der Waals surface area (Å²) in [6.07, 6.45) is -0.660. The second-order valence-corrected chi connectivity index (χ2v) is 12.6. The molecule has 9 nitrogen and oxygen atoms in total. The van der Waals surface area contributed by atoms with Gasteiger partial charge in [-0.25, -0.2) is 9.78 Å². The molecular formula is C27H38N4O5S. The van der Waals surface area contributed by atoms with Crippen LogP contribution >= 0.6 is 11.3 Å². The number of ether oxygens (including phenoxy) is 1. The molecule has 1 aromatic carbocycles. The number of carbonyl (C=O) groups excluding carboxylic acids is 2. The minimum atomic E-state index is -1.07. The van der Waals surface area contributed by atoms with E-state index in [0.29, 0.717) is 44.3 Å². The molecule has 0 bridgehead atoms. The summed E-state index contributed by atoms with van der Waals surface area (Å²) in [4.78, 5) is 49.8. The topological polar surface area (TPSA) is 103 Å². The van der Waals surface area contributed by atoms with Crippen molar-refractivity contribution in [2.75, 3.05) is 39.4 Å². The molecule has 2 aliphatic rings. The molecule has 3 heterocycles. The molecule has 3 amide bonds. The van der Waals surface area contributed by atoms with Gasteiger partial charge in [0, 0.05) is 26.2 Å². The summed E-state index contributed by atoms with van der Waals surface area (Å²) in [5.74, 6) is -0.661. The molecule has 2 fully saturated rings. The SMILES string of the molecule is CC(C)CN(C(=O)c1nc2ccccc2s1)[C@H]1C[C@@H](C(=O)N2CCOCC2)CN(C(=O)O)C1C(C)(C)C. The lowest BCUT2D eigenvalue weighted by molar-refractivity contribution is -0.144. The highest BCUT2D eigenvalue weighted by Crippen LogP contribution is 2.39. The Morgan fingerprint density at radius 1 is 1.19 bits per heavy atom. The van der Waals surface area contributed by atoms with Crippen LogP contribution in [0.5, 0.6) is 0 Å². The quantitative estimate of drug-likeness (QED) is 0.626. The number of para-hydroxylation sites is 1. The molecule has 10 heteroatoms. The summed E-state index contributed by atoms with van der Waals surface area (Å²) in [6, 6.07) is 6.70. The molecule has 1 aromatic heterocycles. The summed E-state index contributed by atoms with van der Waals surface area (Å²) in [5, 5.41) is 10.7. The third kappa shape index (κ3) is 5.90. The second kappa shape index (κ2) is 10.9. The number of thiazole rings is 1. The van der Waals surface area contributed by atoms with Gasteiger partial charge in [0.1, 0.15) is 0 Å². The third-order valence-corrected chi connectivity index (χ3v) is 8.17. The molecule has 3 atom stereocenters. The van der Waals surface area contributed by atoms with E-state index in [4.69, 9.17) is 4.74 Å². The average Bonchev–Trinajstić information content (AvgIpc) is 3.30. The molecule has 2 saturated heterocycles. The van der Waals surface area contributed by atoms with Crippen molar-refractivity contribution < 1.29 is 24.2 Å². The van der Waals surface area contributed by atoms with Gasteiger partial charge >= 0.3 is 6.09 Å². The van der Waals surface area contributed by atoms with Crippen LogP contribution in [0.2, 0.25) is 0 Å². The largest absolute Gasteiger partial charge is 0.465 e. The Hall–Kier alpha value is -2.72. The van der Waals surface area contributed by atoms with E-state index < -0.39 is 29.5 Å². The van der Waals surface area contributed by atoms with E-state index in [0.717, 1.165) is 10.2 Å². The number of aromatic nitrogens is 1. The van der Waals surface area contributed by atoms with Crippen LogP contribution in [0, 0.1) is 17.3 Å². The van der Waals surface area contributed by atoms with Gasteiger partial charge < -0.3 is 24.5 Å². The minimum Gasteiger partial charge on any atom is -0.465 e. The van der Waals surface area contributed by atoms with Crippen LogP contribution < -0.4 is 0 Å². The number of benzene rings is 1. The normalized spacial score (nSPS) is 22.9. The van der Waals surface area contributed by atoms with E-state index in [1.54, 1.807) is 9.80 Å². The van der Waals surface area contributed by atoms with Gasteiger partial charge in [-0.05, 0) is 29.9 Å². The maximum Gasteiger partial charge on any atom is 0.407 e. The third-order valence-electron chi connectivity index (χ3n) is 7.15. The van der Waals surface area contributed by atoms with Crippen molar-refractivity contribution in [3.05, 3.63) is 29.3 Å². The molecule has 0 saturated carbocycles. The lowest BCUT2D eigenvalue weighted by Gasteiger charge is -2.52. The van der Waals surface area contributed by atoms with Gasteiger partial charge in [-0.2, -0.15) is 0 Å². The summed E-state index contributed by atoms with van der Waals surface area (Å²) in [6.45, 7) is 12.6. The van der Waals surface area contributed by atoms with Crippen molar-refractivity contribution in [3.8, 4) is 0 Å². The van der Waals surface area contributed by atoms with Gasteiger partial charge in [0.05, 0.1) is 41.4 Å². The highest BCUT2D eigenvalue weighted by molar-refractivity contribution is 7.20. The Morgan fingerprint density at radius 3 is 2.46 bits per heavy atom. The van der Waals surface area contributed by atoms with E-state index in [2.05, 4.69) is 4.98 Å². The number of morpholine rings is 1. The molecular weight excluding hydrogens is 492 g/mol. The lowest BCUT2D eigenvalue weighted by Crippen LogP contribution is -2.66. The van der Waals surface area contributed by atoms with Crippen molar-refractivity contribution in [2.45, 2.75) is 53.1 Å². The molecule has 0 aliphatic carbocycles. The zero-order valence-electron chi connectivity index (χ0n) is 22.3. The van der Waals surface area contributed by atoms with E-state index in [1.165, 1.54) is 16.2 Å². The van der Waals surface area contributed by atoms with Crippen LogP contribution in [0.25, 0.3) is 10.2 Å². The average molecular weight is 531 g/mol. The monoisotopic (exact) mass is 530 g/mol.